The van der Waals surface area contributed by atoms with Gasteiger partial charge in [0.1, 0.15) is 29.1 Å². The Labute approximate surface area is 381 Å². The van der Waals surface area contributed by atoms with Gasteiger partial charge in [0, 0.05) is 52.7 Å². The van der Waals surface area contributed by atoms with Crippen molar-refractivity contribution in [2.75, 3.05) is 34.5 Å². The van der Waals surface area contributed by atoms with E-state index in [0.29, 0.717) is 6.61 Å². The molecule has 0 radical (unpaired) electrons. The second kappa shape index (κ2) is 16.9. The fourth-order valence-corrected chi connectivity index (χ4v) is 12.3. The number of hydrogen-bond acceptors (Lipinski definition) is 6. The molecule has 4 atom stereocenters. The Balaban J connectivity index is 1.29. The molecule has 4 unspecified atom stereocenters. The predicted octanol–water partition coefficient (Wildman–Crippen LogP) is 13.9. The smallest absolute Gasteiger partial charge is 0.178 e. The molecule has 0 N–H and O–H groups in total. The molecule has 5 aromatic carbocycles. The number of ether oxygens (including phenoxy) is 6. The molecular weight excluding hydrogens is 793 g/mol. The summed E-state index contributed by atoms with van der Waals surface area (Å²) in [5.41, 5.74) is 9.82. The number of methoxy groups -OCH3 is 3. The first-order chi connectivity index (χ1) is 30.7. The van der Waals surface area contributed by atoms with Gasteiger partial charge in [0.05, 0.1) is 26.9 Å². The molecule has 5 aromatic rings. The van der Waals surface area contributed by atoms with Gasteiger partial charge in [0.15, 0.2) is 5.60 Å². The van der Waals surface area contributed by atoms with Crippen molar-refractivity contribution in [2.24, 2.45) is 10.8 Å². The number of unbranched alkanes of at least 4 members (excludes halogenated alkanes) is 1. The van der Waals surface area contributed by atoms with Gasteiger partial charge in [-0.15, -0.1) is 0 Å². The highest BCUT2D eigenvalue weighted by Crippen LogP contribution is 2.67. The lowest BCUT2D eigenvalue weighted by Crippen LogP contribution is -2.44. The quantitative estimate of drug-likeness (QED) is 0.110. The minimum absolute atomic E-state index is 0.0385. The first-order valence-corrected chi connectivity index (χ1v) is 23.3. The number of benzene rings is 5. The molecule has 1 fully saturated rings. The lowest BCUT2D eigenvalue weighted by Gasteiger charge is -2.52. The van der Waals surface area contributed by atoms with Gasteiger partial charge in [-0.1, -0.05) is 119 Å². The fourth-order valence-electron chi connectivity index (χ4n) is 12.3. The zero-order chi connectivity index (χ0) is 45.0. The normalized spacial score (nSPS) is 22.6. The summed E-state index contributed by atoms with van der Waals surface area (Å²) < 4.78 is 38.4. The molecular formula is C58H66O6. The lowest BCUT2D eigenvalue weighted by molar-refractivity contribution is 0.0571. The summed E-state index contributed by atoms with van der Waals surface area (Å²) >= 11 is 0. The highest BCUT2D eigenvalue weighted by atomic mass is 16.5. The SMILES string of the molecule is CCCCOCC(C)Oc1ccc(C2(c3ccc(OC)cc3)C=Cc3c4c(c5cc(C6C=CC(C)=CC6OC)c(OC)cc5c3O2)-c2ccccc2C42CC(C)(C)CC(C)(C)C2)cc1. The van der Waals surface area contributed by atoms with Crippen molar-refractivity contribution in [2.45, 2.75) is 110 Å². The first-order valence-electron chi connectivity index (χ1n) is 23.3. The number of rotatable bonds is 13. The van der Waals surface area contributed by atoms with Crippen molar-refractivity contribution in [3.63, 3.8) is 0 Å². The molecule has 6 nitrogen and oxygen atoms in total. The van der Waals surface area contributed by atoms with Crippen LogP contribution in [-0.2, 0) is 20.5 Å². The third kappa shape index (κ3) is 7.64. The molecule has 0 amide bonds. The number of hydrogen-bond donors (Lipinski definition) is 0. The first kappa shape index (κ1) is 43.9. The average Bonchev–Trinajstić information content (AvgIpc) is 3.54. The Morgan fingerprint density at radius 3 is 2.12 bits per heavy atom. The monoisotopic (exact) mass is 858 g/mol. The van der Waals surface area contributed by atoms with E-state index >= 15 is 0 Å². The van der Waals surface area contributed by atoms with E-state index in [1.165, 1.54) is 33.2 Å². The molecule has 1 saturated carbocycles. The van der Waals surface area contributed by atoms with Gasteiger partial charge in [-0.05, 0) is 120 Å². The standard InChI is InChI=1S/C58H66O6/c1-11-12-29-62-33-38(3)63-42-24-20-40(21-25-42)58(39-18-22-41(59-8)23-19-39)28-27-45-53-52(44-15-13-14-16-49(44)57(53)35-55(4,5)34-56(6,7)36-57)47-31-46(43-26-17-37(2)30-50(43)60-9)51(61-10)32-48(47)54(45)64-58/h13-28,30-32,38,43,50H,11-12,29,33-36H2,1-10H3. The fraction of sp³-hybridized carbons (Fsp3) is 0.414. The van der Waals surface area contributed by atoms with Crippen LogP contribution in [0.3, 0.4) is 0 Å². The summed E-state index contributed by atoms with van der Waals surface area (Å²) in [5, 5.41) is 2.19. The van der Waals surface area contributed by atoms with E-state index in [1.54, 1.807) is 21.3 Å². The van der Waals surface area contributed by atoms with Crippen LogP contribution in [0.1, 0.15) is 120 Å². The molecule has 0 bridgehead atoms. The number of allylic oxidation sites excluding steroid dienone is 2. The highest BCUT2D eigenvalue weighted by Gasteiger charge is 2.55. The van der Waals surface area contributed by atoms with Crippen molar-refractivity contribution < 1.29 is 28.4 Å². The van der Waals surface area contributed by atoms with E-state index in [4.69, 9.17) is 28.4 Å². The van der Waals surface area contributed by atoms with E-state index < -0.39 is 5.60 Å². The molecule has 9 rings (SSSR count). The van der Waals surface area contributed by atoms with Crippen LogP contribution in [0.5, 0.6) is 23.0 Å². The van der Waals surface area contributed by atoms with Crippen LogP contribution in [0.4, 0.5) is 0 Å². The molecule has 64 heavy (non-hydrogen) atoms. The van der Waals surface area contributed by atoms with Crippen molar-refractivity contribution in [1.82, 2.24) is 0 Å². The predicted molar refractivity (Wildman–Crippen MR) is 260 cm³/mol. The summed E-state index contributed by atoms with van der Waals surface area (Å²) in [5.74, 6) is 3.21. The van der Waals surface area contributed by atoms with Gasteiger partial charge < -0.3 is 28.4 Å². The van der Waals surface area contributed by atoms with Crippen LogP contribution in [0.25, 0.3) is 28.0 Å². The van der Waals surface area contributed by atoms with E-state index in [1.807, 2.05) is 12.1 Å². The van der Waals surface area contributed by atoms with Gasteiger partial charge in [-0.2, -0.15) is 0 Å². The van der Waals surface area contributed by atoms with Crippen LogP contribution in [0, 0.1) is 10.8 Å². The summed E-state index contributed by atoms with van der Waals surface area (Å²) in [6.07, 6.45) is 16.5. The Morgan fingerprint density at radius 2 is 1.47 bits per heavy atom. The maximum absolute atomic E-state index is 7.89. The van der Waals surface area contributed by atoms with Crippen LogP contribution < -0.4 is 18.9 Å². The third-order valence-corrected chi connectivity index (χ3v) is 14.2. The van der Waals surface area contributed by atoms with E-state index in [9.17, 15) is 0 Å². The van der Waals surface area contributed by atoms with E-state index in [0.717, 1.165) is 89.3 Å². The maximum Gasteiger partial charge on any atom is 0.178 e. The largest absolute Gasteiger partial charge is 0.497 e. The second-order valence-electron chi connectivity index (χ2n) is 20.4. The lowest BCUT2D eigenvalue weighted by atomic mass is 9.52. The third-order valence-electron chi connectivity index (χ3n) is 14.2. The topological polar surface area (TPSA) is 55.4 Å². The van der Waals surface area contributed by atoms with E-state index in [-0.39, 0.29) is 34.4 Å². The summed E-state index contributed by atoms with van der Waals surface area (Å²) in [6, 6.07) is 30.6. The average molecular weight is 859 g/mol. The molecule has 1 spiro atoms. The van der Waals surface area contributed by atoms with Crippen molar-refractivity contribution in [1.29, 1.82) is 0 Å². The second-order valence-corrected chi connectivity index (χ2v) is 20.4. The Kier molecular flexibility index (Phi) is 11.6. The van der Waals surface area contributed by atoms with Gasteiger partial charge >= 0.3 is 0 Å². The summed E-state index contributed by atoms with van der Waals surface area (Å²) in [6.45, 7) is 17.5. The molecule has 3 aliphatic carbocycles. The molecule has 6 heteroatoms. The zero-order valence-electron chi connectivity index (χ0n) is 39.6. The van der Waals surface area contributed by atoms with Gasteiger partial charge in [0.2, 0.25) is 0 Å². The molecule has 0 aromatic heterocycles. The van der Waals surface area contributed by atoms with Crippen molar-refractivity contribution >= 4 is 16.8 Å². The molecule has 1 aliphatic heterocycles. The van der Waals surface area contributed by atoms with Gasteiger partial charge in [-0.25, -0.2) is 0 Å². The van der Waals surface area contributed by atoms with Crippen LogP contribution in [0.2, 0.25) is 0 Å². The molecule has 4 aliphatic rings. The zero-order valence-corrected chi connectivity index (χ0v) is 39.6. The summed E-state index contributed by atoms with van der Waals surface area (Å²) in [7, 11) is 5.29. The molecule has 1 heterocycles. The van der Waals surface area contributed by atoms with Crippen LogP contribution in [0.15, 0.2) is 115 Å². The van der Waals surface area contributed by atoms with Crippen molar-refractivity contribution in [3.8, 4) is 34.1 Å². The van der Waals surface area contributed by atoms with Crippen molar-refractivity contribution in [3.05, 3.63) is 148 Å². The van der Waals surface area contributed by atoms with Crippen LogP contribution >= 0.6 is 0 Å². The summed E-state index contributed by atoms with van der Waals surface area (Å²) in [4.78, 5) is 0. The molecule has 334 valence electrons. The Bertz CT molecular complexity index is 2610. The van der Waals surface area contributed by atoms with Gasteiger partial charge in [-0.3, -0.25) is 0 Å². The van der Waals surface area contributed by atoms with E-state index in [2.05, 4.69) is 152 Å². The minimum atomic E-state index is -0.987. The minimum Gasteiger partial charge on any atom is -0.497 e. The maximum atomic E-state index is 7.89. The van der Waals surface area contributed by atoms with Crippen LogP contribution in [-0.4, -0.2) is 46.8 Å². The highest BCUT2D eigenvalue weighted by molar-refractivity contribution is 6.09. The molecule has 0 saturated heterocycles. The van der Waals surface area contributed by atoms with Gasteiger partial charge in [0.25, 0.3) is 0 Å². The Morgan fingerprint density at radius 1 is 0.781 bits per heavy atom. The Hall–Kier alpha value is -5.30. The number of fused-ring (bicyclic) bond motifs is 10.